The van der Waals surface area contributed by atoms with Crippen LogP contribution in [0.2, 0.25) is 0 Å². The number of nitrogens with two attached hydrogens (primary N) is 1. The molecule has 0 spiro atoms. The molecule has 0 aliphatic heterocycles. The summed E-state index contributed by atoms with van der Waals surface area (Å²) in [5.41, 5.74) is 6.70. The Kier molecular flexibility index (Phi) is 3.99. The summed E-state index contributed by atoms with van der Waals surface area (Å²) in [6, 6.07) is 0. The molecular formula is C13H19N5O. The summed E-state index contributed by atoms with van der Waals surface area (Å²) >= 11 is 0. The van der Waals surface area contributed by atoms with Crippen molar-refractivity contribution in [2.45, 2.75) is 39.7 Å². The molecule has 0 aliphatic rings. The van der Waals surface area contributed by atoms with Gasteiger partial charge in [-0.1, -0.05) is 20.8 Å². The van der Waals surface area contributed by atoms with Crippen molar-refractivity contribution in [2.75, 3.05) is 5.73 Å². The first-order chi connectivity index (χ1) is 9.11. The number of hydrogen-bond donors (Lipinski definition) is 1. The maximum absolute atomic E-state index is 5.88. The fourth-order valence-corrected chi connectivity index (χ4v) is 1.88. The molecule has 2 aromatic heterocycles. The minimum atomic E-state index is 0.196. The smallest absolute Gasteiger partial charge is 0.228 e. The Balaban J connectivity index is 2.25. The first-order valence-electron chi connectivity index (χ1n) is 6.42. The second-order valence-electron chi connectivity index (χ2n) is 4.67. The van der Waals surface area contributed by atoms with Crippen LogP contribution in [-0.2, 0) is 6.54 Å². The van der Waals surface area contributed by atoms with Gasteiger partial charge in [-0.05, 0) is 12.3 Å². The molecule has 2 aromatic rings. The van der Waals surface area contributed by atoms with Crippen LogP contribution in [0, 0.1) is 0 Å². The van der Waals surface area contributed by atoms with Crippen molar-refractivity contribution in [1.29, 1.82) is 0 Å². The van der Waals surface area contributed by atoms with Crippen molar-refractivity contribution in [2.24, 2.45) is 0 Å². The summed E-state index contributed by atoms with van der Waals surface area (Å²) < 4.78 is 7.61. The second-order valence-corrected chi connectivity index (χ2v) is 4.67. The number of hydrogen-bond acceptors (Lipinski definition) is 5. The molecule has 0 saturated heterocycles. The minimum Gasteiger partial charge on any atom is -0.435 e. The monoisotopic (exact) mass is 261 g/mol. The first kappa shape index (κ1) is 13.3. The lowest BCUT2D eigenvalue weighted by Gasteiger charge is -2.12. The molecule has 2 heterocycles. The largest absolute Gasteiger partial charge is 0.435 e. The van der Waals surface area contributed by atoms with Crippen molar-refractivity contribution in [3.8, 4) is 11.6 Å². The van der Waals surface area contributed by atoms with Crippen LogP contribution < -0.4 is 10.5 Å². The van der Waals surface area contributed by atoms with Crippen LogP contribution in [-0.4, -0.2) is 19.7 Å². The van der Waals surface area contributed by atoms with E-state index in [0.29, 0.717) is 17.4 Å². The number of aryl methyl sites for hydroxylation is 1. The van der Waals surface area contributed by atoms with Gasteiger partial charge in [0.15, 0.2) is 5.75 Å². The molecule has 6 heteroatoms. The normalized spacial score (nSPS) is 10.9. The number of ether oxygens (including phenoxy) is 1. The van der Waals surface area contributed by atoms with E-state index < -0.39 is 0 Å². The van der Waals surface area contributed by atoms with Crippen LogP contribution in [0.5, 0.6) is 11.6 Å². The molecule has 0 aromatic carbocycles. The molecule has 0 aliphatic carbocycles. The minimum absolute atomic E-state index is 0.196. The van der Waals surface area contributed by atoms with Crippen LogP contribution in [0.1, 0.15) is 38.7 Å². The highest BCUT2D eigenvalue weighted by atomic mass is 16.5. The van der Waals surface area contributed by atoms with Gasteiger partial charge in [-0.3, -0.25) is 4.68 Å². The van der Waals surface area contributed by atoms with E-state index in [1.807, 2.05) is 24.7 Å². The van der Waals surface area contributed by atoms with Gasteiger partial charge >= 0.3 is 0 Å². The van der Waals surface area contributed by atoms with Gasteiger partial charge in [0, 0.05) is 6.54 Å². The highest BCUT2D eigenvalue weighted by molar-refractivity contribution is 5.47. The molecule has 0 unspecified atom stereocenters. The average molecular weight is 261 g/mol. The van der Waals surface area contributed by atoms with Gasteiger partial charge in [0.25, 0.3) is 0 Å². The molecule has 0 radical (unpaired) electrons. The van der Waals surface area contributed by atoms with Gasteiger partial charge in [-0.2, -0.15) is 5.10 Å². The fraction of sp³-hybridized carbons (Fsp3) is 0.462. The number of nitrogens with zero attached hydrogens (tertiary/aromatic N) is 4. The van der Waals surface area contributed by atoms with Crippen molar-refractivity contribution >= 4 is 5.82 Å². The van der Waals surface area contributed by atoms with Crippen LogP contribution in [0.25, 0.3) is 0 Å². The highest BCUT2D eigenvalue weighted by Crippen LogP contribution is 2.31. The molecule has 0 amide bonds. The summed E-state index contributed by atoms with van der Waals surface area (Å²) in [6.45, 7) is 7.03. The predicted octanol–water partition coefficient (Wildman–Crippen LogP) is 2.58. The lowest BCUT2D eigenvalue weighted by atomic mass is 10.1. The van der Waals surface area contributed by atoms with Gasteiger partial charge < -0.3 is 10.5 Å². The summed E-state index contributed by atoms with van der Waals surface area (Å²) in [5, 5.41) is 4.22. The molecular weight excluding hydrogens is 242 g/mol. The average Bonchev–Trinajstić information content (AvgIpc) is 2.76. The van der Waals surface area contributed by atoms with E-state index in [2.05, 4.69) is 22.0 Å². The molecule has 0 saturated carbocycles. The summed E-state index contributed by atoms with van der Waals surface area (Å²) in [7, 11) is 0. The first-order valence-corrected chi connectivity index (χ1v) is 6.42. The number of rotatable bonds is 5. The predicted molar refractivity (Wildman–Crippen MR) is 73.1 cm³/mol. The summed E-state index contributed by atoms with van der Waals surface area (Å²) in [4.78, 5) is 8.16. The Morgan fingerprint density at radius 1 is 1.37 bits per heavy atom. The zero-order valence-corrected chi connectivity index (χ0v) is 11.5. The third kappa shape index (κ3) is 3.01. The van der Waals surface area contributed by atoms with Gasteiger partial charge in [0.2, 0.25) is 5.88 Å². The number of nitrogen functional groups attached to an aromatic ring is 1. The summed E-state index contributed by atoms with van der Waals surface area (Å²) in [6.07, 6.45) is 5.97. The maximum atomic E-state index is 5.88. The van der Waals surface area contributed by atoms with Crippen molar-refractivity contribution in [3.63, 3.8) is 0 Å². The second kappa shape index (κ2) is 5.69. The van der Waals surface area contributed by atoms with E-state index >= 15 is 0 Å². The quantitative estimate of drug-likeness (QED) is 0.894. The van der Waals surface area contributed by atoms with Crippen LogP contribution in [0.3, 0.4) is 0 Å². The zero-order valence-electron chi connectivity index (χ0n) is 11.5. The van der Waals surface area contributed by atoms with E-state index in [1.165, 1.54) is 6.33 Å². The molecule has 2 N–H and O–H groups in total. The van der Waals surface area contributed by atoms with Gasteiger partial charge in [-0.25, -0.2) is 9.97 Å². The number of anilines is 1. The van der Waals surface area contributed by atoms with Crippen molar-refractivity contribution < 1.29 is 4.74 Å². The lowest BCUT2D eigenvalue weighted by Crippen LogP contribution is -2.04. The fourth-order valence-electron chi connectivity index (χ4n) is 1.88. The number of aromatic nitrogens is 4. The Morgan fingerprint density at radius 3 is 2.84 bits per heavy atom. The summed E-state index contributed by atoms with van der Waals surface area (Å²) in [5.74, 6) is 1.81. The Hall–Kier alpha value is -2.11. The molecule has 0 atom stereocenters. The van der Waals surface area contributed by atoms with E-state index in [-0.39, 0.29) is 5.92 Å². The Bertz CT molecular complexity index is 550. The van der Waals surface area contributed by atoms with E-state index in [4.69, 9.17) is 10.5 Å². The molecule has 6 nitrogen and oxygen atoms in total. The zero-order chi connectivity index (χ0) is 13.8. The van der Waals surface area contributed by atoms with Gasteiger partial charge in [0.1, 0.15) is 12.1 Å². The topological polar surface area (TPSA) is 78.8 Å². The van der Waals surface area contributed by atoms with Crippen LogP contribution in [0.15, 0.2) is 18.7 Å². The van der Waals surface area contributed by atoms with E-state index in [9.17, 15) is 0 Å². The SMILES string of the molecule is CCCn1cc(Oc2ncnc(N)c2C(C)C)cn1. The van der Waals surface area contributed by atoms with Crippen molar-refractivity contribution in [1.82, 2.24) is 19.7 Å². The molecule has 19 heavy (non-hydrogen) atoms. The van der Waals surface area contributed by atoms with E-state index in [1.54, 1.807) is 6.20 Å². The maximum Gasteiger partial charge on any atom is 0.228 e. The van der Waals surface area contributed by atoms with Gasteiger partial charge in [0.05, 0.1) is 18.0 Å². The molecule has 0 fully saturated rings. The lowest BCUT2D eigenvalue weighted by molar-refractivity contribution is 0.450. The van der Waals surface area contributed by atoms with E-state index in [0.717, 1.165) is 18.5 Å². The standard InChI is InChI=1S/C13H19N5O/c1-4-5-18-7-10(6-17-18)19-13-11(9(2)3)12(14)15-8-16-13/h6-9H,4-5H2,1-3H3,(H2,14,15,16). The Morgan fingerprint density at radius 2 is 2.16 bits per heavy atom. The molecule has 2 rings (SSSR count). The van der Waals surface area contributed by atoms with Crippen molar-refractivity contribution in [3.05, 3.63) is 24.3 Å². The third-order valence-electron chi connectivity index (χ3n) is 2.73. The molecule has 102 valence electrons. The Labute approximate surface area is 112 Å². The highest BCUT2D eigenvalue weighted by Gasteiger charge is 2.15. The molecule has 0 bridgehead atoms. The third-order valence-corrected chi connectivity index (χ3v) is 2.73. The van der Waals surface area contributed by atoms with Crippen LogP contribution in [0.4, 0.5) is 5.82 Å². The van der Waals surface area contributed by atoms with Crippen LogP contribution >= 0.6 is 0 Å². The van der Waals surface area contributed by atoms with Gasteiger partial charge in [-0.15, -0.1) is 0 Å².